The lowest BCUT2D eigenvalue weighted by atomic mass is 10.2. The molecular weight excluding hydrogens is 360 g/mol. The van der Waals surface area contributed by atoms with E-state index in [9.17, 15) is 14.4 Å². The number of carbonyl (C=O) groups excluding carboxylic acids is 3. The number of ether oxygens (including phenoxy) is 2. The van der Waals surface area contributed by atoms with E-state index < -0.39 is 18.5 Å². The van der Waals surface area contributed by atoms with E-state index >= 15 is 0 Å². The maximum atomic E-state index is 12.0. The van der Waals surface area contributed by atoms with Crippen molar-refractivity contribution in [2.24, 2.45) is 0 Å². The van der Waals surface area contributed by atoms with Crippen molar-refractivity contribution < 1.29 is 23.9 Å². The molecule has 0 spiro atoms. The van der Waals surface area contributed by atoms with Gasteiger partial charge in [-0.25, -0.2) is 4.79 Å². The summed E-state index contributed by atoms with van der Waals surface area (Å²) in [6.45, 7) is 0.914. The van der Waals surface area contributed by atoms with E-state index in [1.807, 2.05) is 0 Å². The zero-order valence-corrected chi connectivity index (χ0v) is 14.9. The Morgan fingerprint density at radius 2 is 1.73 bits per heavy atom. The molecule has 2 rings (SSSR count). The lowest BCUT2D eigenvalue weighted by Crippen LogP contribution is -2.21. The van der Waals surface area contributed by atoms with Gasteiger partial charge in [0.1, 0.15) is 5.75 Å². The van der Waals surface area contributed by atoms with Gasteiger partial charge in [0.2, 0.25) is 5.91 Å². The minimum atomic E-state index is -0.660. The number of esters is 1. The average molecular weight is 377 g/mol. The number of hydrogen-bond donors (Lipinski definition) is 2. The molecule has 0 aliphatic carbocycles. The number of hydrogen-bond acceptors (Lipinski definition) is 5. The molecule has 0 atom stereocenters. The Bertz CT molecular complexity index is 821. The monoisotopic (exact) mass is 376 g/mol. The molecule has 2 aromatic rings. The van der Waals surface area contributed by atoms with Crippen LogP contribution in [0.15, 0.2) is 42.5 Å². The highest BCUT2D eigenvalue weighted by atomic mass is 35.5. The number of benzene rings is 2. The smallest absolute Gasteiger partial charge is 0.338 e. The molecule has 7 nitrogen and oxygen atoms in total. The molecule has 8 heteroatoms. The molecule has 0 aliphatic rings. The Morgan fingerprint density at radius 3 is 2.35 bits per heavy atom. The number of rotatable bonds is 6. The summed E-state index contributed by atoms with van der Waals surface area (Å²) in [4.78, 5) is 34.9. The zero-order valence-electron chi connectivity index (χ0n) is 14.2. The average Bonchev–Trinajstić information content (AvgIpc) is 2.60. The molecule has 0 saturated heterocycles. The quantitative estimate of drug-likeness (QED) is 0.755. The van der Waals surface area contributed by atoms with E-state index in [4.69, 9.17) is 21.1 Å². The van der Waals surface area contributed by atoms with E-state index in [1.165, 1.54) is 32.2 Å². The molecule has 0 fully saturated rings. The molecule has 26 heavy (non-hydrogen) atoms. The van der Waals surface area contributed by atoms with E-state index in [0.29, 0.717) is 22.1 Å². The number of halogens is 1. The Morgan fingerprint density at radius 1 is 1.04 bits per heavy atom. The van der Waals surface area contributed by atoms with E-state index in [0.717, 1.165) is 0 Å². The predicted molar refractivity (Wildman–Crippen MR) is 97.7 cm³/mol. The molecular formula is C18H17ClN2O5. The zero-order chi connectivity index (χ0) is 19.1. The summed E-state index contributed by atoms with van der Waals surface area (Å²) in [5, 5.41) is 5.58. The van der Waals surface area contributed by atoms with Crippen molar-refractivity contribution in [3.63, 3.8) is 0 Å². The standard InChI is InChI=1S/C18H17ClN2O5/c1-11(22)20-14-6-3-12(4-7-14)18(24)26-10-17(23)21-15-9-13(19)5-8-16(15)25-2/h3-9H,10H2,1-2H3,(H,20,22)(H,21,23). The van der Waals surface area contributed by atoms with Gasteiger partial charge < -0.3 is 20.1 Å². The first-order valence-corrected chi connectivity index (χ1v) is 7.95. The summed E-state index contributed by atoms with van der Waals surface area (Å²) < 4.78 is 10.1. The van der Waals surface area contributed by atoms with Crippen LogP contribution in [-0.4, -0.2) is 31.5 Å². The Hall–Kier alpha value is -3.06. The summed E-state index contributed by atoms with van der Waals surface area (Å²) in [6.07, 6.45) is 0. The fraction of sp³-hybridized carbons (Fsp3) is 0.167. The van der Waals surface area contributed by atoms with Crippen molar-refractivity contribution in [2.45, 2.75) is 6.92 Å². The second kappa shape index (κ2) is 8.87. The van der Waals surface area contributed by atoms with Gasteiger partial charge >= 0.3 is 5.97 Å². The number of amides is 2. The lowest BCUT2D eigenvalue weighted by Gasteiger charge is -2.11. The minimum Gasteiger partial charge on any atom is -0.495 e. The van der Waals surface area contributed by atoms with E-state index in [-0.39, 0.29) is 11.5 Å². The van der Waals surface area contributed by atoms with Crippen LogP contribution in [0.4, 0.5) is 11.4 Å². The summed E-state index contributed by atoms with van der Waals surface area (Å²) in [5.41, 5.74) is 1.19. The van der Waals surface area contributed by atoms with Gasteiger partial charge in [0.05, 0.1) is 18.4 Å². The van der Waals surface area contributed by atoms with Gasteiger partial charge in [0.25, 0.3) is 5.91 Å². The van der Waals surface area contributed by atoms with Gasteiger partial charge in [-0.2, -0.15) is 0 Å². The first-order valence-electron chi connectivity index (χ1n) is 7.57. The van der Waals surface area contributed by atoms with E-state index in [2.05, 4.69) is 10.6 Å². The van der Waals surface area contributed by atoms with Crippen LogP contribution in [0.3, 0.4) is 0 Å². The van der Waals surface area contributed by atoms with Crippen LogP contribution in [0.1, 0.15) is 17.3 Å². The van der Waals surface area contributed by atoms with Crippen molar-refractivity contribution in [1.29, 1.82) is 0 Å². The fourth-order valence-corrected chi connectivity index (χ4v) is 2.24. The molecule has 136 valence electrons. The molecule has 0 heterocycles. The van der Waals surface area contributed by atoms with Crippen molar-refractivity contribution in [3.8, 4) is 5.75 Å². The normalized spacial score (nSPS) is 9.96. The van der Waals surface area contributed by atoms with Gasteiger partial charge in [-0.1, -0.05) is 11.6 Å². The third-order valence-electron chi connectivity index (χ3n) is 3.21. The van der Waals surface area contributed by atoms with Gasteiger partial charge in [0, 0.05) is 17.6 Å². The summed E-state index contributed by atoms with van der Waals surface area (Å²) in [7, 11) is 1.46. The SMILES string of the molecule is COc1ccc(Cl)cc1NC(=O)COC(=O)c1ccc(NC(C)=O)cc1. The number of carbonyl (C=O) groups is 3. The van der Waals surface area contributed by atoms with Crippen LogP contribution in [0, 0.1) is 0 Å². The van der Waals surface area contributed by atoms with Crippen molar-refractivity contribution >= 4 is 40.8 Å². The third kappa shape index (κ3) is 5.49. The lowest BCUT2D eigenvalue weighted by molar-refractivity contribution is -0.119. The molecule has 0 saturated carbocycles. The van der Waals surface area contributed by atoms with E-state index in [1.54, 1.807) is 24.3 Å². The number of anilines is 2. The summed E-state index contributed by atoms with van der Waals surface area (Å²) >= 11 is 5.89. The fourth-order valence-electron chi connectivity index (χ4n) is 2.07. The summed E-state index contributed by atoms with van der Waals surface area (Å²) in [6, 6.07) is 10.9. The third-order valence-corrected chi connectivity index (χ3v) is 3.45. The van der Waals surface area contributed by atoms with Crippen LogP contribution in [0.2, 0.25) is 5.02 Å². The van der Waals surface area contributed by atoms with Crippen LogP contribution in [0.25, 0.3) is 0 Å². The molecule has 0 aliphatic heterocycles. The minimum absolute atomic E-state index is 0.214. The first kappa shape index (κ1) is 19.3. The highest BCUT2D eigenvalue weighted by molar-refractivity contribution is 6.31. The van der Waals surface area contributed by atoms with Crippen molar-refractivity contribution in [2.75, 3.05) is 24.4 Å². The largest absolute Gasteiger partial charge is 0.495 e. The predicted octanol–water partition coefficient (Wildman–Crippen LogP) is 3.10. The molecule has 0 unspecified atom stereocenters. The van der Waals surface area contributed by atoms with Crippen LogP contribution >= 0.6 is 11.6 Å². The Balaban J connectivity index is 1.91. The summed E-state index contributed by atoms with van der Waals surface area (Å²) in [5.74, 6) is -0.975. The Kier molecular flexibility index (Phi) is 6.57. The van der Waals surface area contributed by atoms with Crippen molar-refractivity contribution in [1.82, 2.24) is 0 Å². The second-order valence-corrected chi connectivity index (χ2v) is 5.66. The molecule has 0 bridgehead atoms. The molecule has 0 radical (unpaired) electrons. The van der Waals surface area contributed by atoms with Gasteiger partial charge in [-0.15, -0.1) is 0 Å². The molecule has 2 N–H and O–H groups in total. The van der Waals surface area contributed by atoms with Crippen LogP contribution in [-0.2, 0) is 14.3 Å². The Labute approximate surface area is 155 Å². The second-order valence-electron chi connectivity index (χ2n) is 5.23. The highest BCUT2D eigenvalue weighted by Gasteiger charge is 2.12. The molecule has 2 amide bonds. The topological polar surface area (TPSA) is 93.7 Å². The molecule has 0 aromatic heterocycles. The van der Waals surface area contributed by atoms with Crippen LogP contribution < -0.4 is 15.4 Å². The van der Waals surface area contributed by atoms with Crippen LogP contribution in [0.5, 0.6) is 5.75 Å². The van der Waals surface area contributed by atoms with Gasteiger partial charge in [0.15, 0.2) is 6.61 Å². The van der Waals surface area contributed by atoms with Gasteiger partial charge in [-0.05, 0) is 42.5 Å². The first-order chi connectivity index (χ1) is 12.4. The molecule has 2 aromatic carbocycles. The highest BCUT2D eigenvalue weighted by Crippen LogP contribution is 2.27. The van der Waals surface area contributed by atoms with Gasteiger partial charge in [-0.3, -0.25) is 9.59 Å². The maximum absolute atomic E-state index is 12.0. The maximum Gasteiger partial charge on any atom is 0.338 e. The van der Waals surface area contributed by atoms with Crippen molar-refractivity contribution in [3.05, 3.63) is 53.1 Å². The number of methoxy groups -OCH3 is 1. The number of nitrogens with one attached hydrogen (secondary N) is 2.